The zero-order valence-corrected chi connectivity index (χ0v) is 12.7. The van der Waals surface area contributed by atoms with Crippen LogP contribution >= 0.6 is 0 Å². The SMILES string of the molecule is O=C1/C(=C\c2ccccc2O)CCC/C1=C\c1ccccc1O. The Bertz CT molecular complexity index is 735. The molecule has 0 spiro atoms. The topological polar surface area (TPSA) is 57.5 Å². The summed E-state index contributed by atoms with van der Waals surface area (Å²) in [6.07, 6.45) is 5.80. The van der Waals surface area contributed by atoms with E-state index in [2.05, 4.69) is 0 Å². The van der Waals surface area contributed by atoms with Crippen LogP contribution in [0.1, 0.15) is 30.4 Å². The molecule has 0 amide bonds. The summed E-state index contributed by atoms with van der Waals surface area (Å²) in [4.78, 5) is 12.7. The first-order valence-electron chi connectivity index (χ1n) is 7.67. The van der Waals surface area contributed by atoms with Crippen molar-refractivity contribution >= 4 is 17.9 Å². The zero-order valence-electron chi connectivity index (χ0n) is 12.7. The van der Waals surface area contributed by atoms with Crippen LogP contribution in [0.15, 0.2) is 59.7 Å². The van der Waals surface area contributed by atoms with Crippen molar-refractivity contribution in [1.82, 2.24) is 0 Å². The van der Waals surface area contributed by atoms with Crippen LogP contribution in [0.25, 0.3) is 12.2 Å². The summed E-state index contributed by atoms with van der Waals surface area (Å²) >= 11 is 0. The lowest BCUT2D eigenvalue weighted by Gasteiger charge is -2.17. The average molecular weight is 306 g/mol. The van der Waals surface area contributed by atoms with Crippen molar-refractivity contribution in [2.45, 2.75) is 19.3 Å². The Morgan fingerprint density at radius 2 is 1.17 bits per heavy atom. The molecule has 0 bridgehead atoms. The maximum absolute atomic E-state index is 12.7. The Balaban J connectivity index is 1.93. The van der Waals surface area contributed by atoms with E-state index in [0.29, 0.717) is 35.1 Å². The molecule has 2 aromatic carbocycles. The number of Topliss-reactive ketones (excluding diaryl/α,β-unsaturated/α-hetero) is 1. The average Bonchev–Trinajstić information content (AvgIpc) is 2.55. The lowest BCUT2D eigenvalue weighted by molar-refractivity contribution is -0.112. The molecular formula is C20H18O3. The third kappa shape index (κ3) is 3.34. The number of ketones is 1. The van der Waals surface area contributed by atoms with Gasteiger partial charge in [-0.2, -0.15) is 0 Å². The summed E-state index contributed by atoms with van der Waals surface area (Å²) in [6.45, 7) is 0. The summed E-state index contributed by atoms with van der Waals surface area (Å²) < 4.78 is 0. The number of phenolic OH excluding ortho intramolecular Hbond substituents is 2. The highest BCUT2D eigenvalue weighted by molar-refractivity contribution is 6.14. The van der Waals surface area contributed by atoms with Crippen LogP contribution in [0.5, 0.6) is 11.5 Å². The summed E-state index contributed by atoms with van der Waals surface area (Å²) in [6, 6.07) is 14.0. The lowest BCUT2D eigenvalue weighted by atomic mass is 9.86. The largest absolute Gasteiger partial charge is 0.507 e. The van der Waals surface area contributed by atoms with Gasteiger partial charge in [-0.05, 0) is 43.5 Å². The molecule has 3 heteroatoms. The first-order chi connectivity index (χ1) is 11.1. The van der Waals surface area contributed by atoms with Gasteiger partial charge < -0.3 is 10.2 Å². The fraction of sp³-hybridized carbons (Fsp3) is 0.150. The highest BCUT2D eigenvalue weighted by Gasteiger charge is 2.21. The fourth-order valence-corrected chi connectivity index (χ4v) is 2.77. The molecular weight excluding hydrogens is 288 g/mol. The quantitative estimate of drug-likeness (QED) is 0.812. The van der Waals surface area contributed by atoms with Gasteiger partial charge in [-0.3, -0.25) is 4.79 Å². The highest BCUT2D eigenvalue weighted by Crippen LogP contribution is 2.31. The third-order valence-electron chi connectivity index (χ3n) is 4.01. The minimum absolute atomic E-state index is 0.0113. The van der Waals surface area contributed by atoms with E-state index in [4.69, 9.17) is 0 Å². The second-order valence-corrected chi connectivity index (χ2v) is 5.64. The minimum atomic E-state index is -0.0113. The number of hydrogen-bond donors (Lipinski definition) is 2. The van der Waals surface area contributed by atoms with Crippen molar-refractivity contribution in [1.29, 1.82) is 0 Å². The molecule has 0 heterocycles. The van der Waals surface area contributed by atoms with Crippen molar-refractivity contribution in [3.8, 4) is 11.5 Å². The van der Waals surface area contributed by atoms with E-state index in [9.17, 15) is 15.0 Å². The Hall–Kier alpha value is -2.81. The van der Waals surface area contributed by atoms with E-state index in [0.717, 1.165) is 6.42 Å². The Morgan fingerprint density at radius 3 is 1.61 bits per heavy atom. The Kier molecular flexibility index (Phi) is 4.29. The van der Waals surface area contributed by atoms with Crippen molar-refractivity contribution in [2.24, 2.45) is 0 Å². The molecule has 1 aliphatic rings. The maximum atomic E-state index is 12.7. The van der Waals surface area contributed by atoms with E-state index in [1.165, 1.54) is 0 Å². The molecule has 0 aliphatic heterocycles. The number of aromatic hydroxyl groups is 2. The normalized spacial score (nSPS) is 18.5. The van der Waals surface area contributed by atoms with Gasteiger partial charge in [0.15, 0.2) is 5.78 Å². The first-order valence-corrected chi connectivity index (χ1v) is 7.67. The van der Waals surface area contributed by atoms with Gasteiger partial charge >= 0.3 is 0 Å². The van der Waals surface area contributed by atoms with Crippen molar-refractivity contribution in [3.05, 3.63) is 70.8 Å². The van der Waals surface area contributed by atoms with Gasteiger partial charge in [0, 0.05) is 22.3 Å². The molecule has 1 aliphatic carbocycles. The van der Waals surface area contributed by atoms with Crippen molar-refractivity contribution in [2.75, 3.05) is 0 Å². The molecule has 0 unspecified atom stereocenters. The Labute approximate surface area is 135 Å². The van der Waals surface area contributed by atoms with Crippen LogP contribution in [0.4, 0.5) is 0 Å². The van der Waals surface area contributed by atoms with E-state index in [1.807, 2.05) is 12.1 Å². The van der Waals surface area contributed by atoms with Gasteiger partial charge in [0.25, 0.3) is 0 Å². The van der Waals surface area contributed by atoms with Crippen LogP contribution in [-0.4, -0.2) is 16.0 Å². The Morgan fingerprint density at radius 1 is 0.739 bits per heavy atom. The minimum Gasteiger partial charge on any atom is -0.507 e. The lowest BCUT2D eigenvalue weighted by Crippen LogP contribution is -2.12. The number of allylic oxidation sites excluding steroid dienone is 2. The van der Waals surface area contributed by atoms with Crippen molar-refractivity contribution in [3.63, 3.8) is 0 Å². The van der Waals surface area contributed by atoms with Gasteiger partial charge in [0.05, 0.1) is 0 Å². The summed E-state index contributed by atoms with van der Waals surface area (Å²) in [5.74, 6) is 0.331. The molecule has 0 atom stereocenters. The summed E-state index contributed by atoms with van der Waals surface area (Å²) in [7, 11) is 0. The smallest absolute Gasteiger partial charge is 0.185 e. The number of para-hydroxylation sites is 2. The van der Waals surface area contributed by atoms with Crippen LogP contribution in [0.2, 0.25) is 0 Å². The first kappa shape index (κ1) is 15.1. The van der Waals surface area contributed by atoms with Gasteiger partial charge in [0.1, 0.15) is 11.5 Å². The molecule has 116 valence electrons. The van der Waals surface area contributed by atoms with Gasteiger partial charge in [-0.25, -0.2) is 0 Å². The molecule has 23 heavy (non-hydrogen) atoms. The molecule has 1 fully saturated rings. The van der Waals surface area contributed by atoms with Crippen LogP contribution in [0.3, 0.4) is 0 Å². The number of hydrogen-bond acceptors (Lipinski definition) is 3. The third-order valence-corrected chi connectivity index (χ3v) is 4.01. The van der Waals surface area contributed by atoms with Gasteiger partial charge in [0.2, 0.25) is 0 Å². The zero-order chi connectivity index (χ0) is 16.2. The number of carbonyl (C=O) groups excluding carboxylic acids is 1. The van der Waals surface area contributed by atoms with E-state index in [-0.39, 0.29) is 17.3 Å². The van der Waals surface area contributed by atoms with E-state index >= 15 is 0 Å². The predicted molar refractivity (Wildman–Crippen MR) is 91.0 cm³/mol. The highest BCUT2D eigenvalue weighted by atomic mass is 16.3. The van der Waals surface area contributed by atoms with E-state index in [1.54, 1.807) is 48.6 Å². The number of phenols is 2. The molecule has 3 rings (SSSR count). The molecule has 2 aromatic rings. The molecule has 0 saturated heterocycles. The van der Waals surface area contributed by atoms with Crippen LogP contribution in [0, 0.1) is 0 Å². The maximum Gasteiger partial charge on any atom is 0.185 e. The second-order valence-electron chi connectivity index (χ2n) is 5.64. The number of rotatable bonds is 2. The second kappa shape index (κ2) is 6.53. The molecule has 2 N–H and O–H groups in total. The van der Waals surface area contributed by atoms with Crippen LogP contribution in [-0.2, 0) is 4.79 Å². The number of benzene rings is 2. The van der Waals surface area contributed by atoms with Gasteiger partial charge in [-0.1, -0.05) is 36.4 Å². The molecule has 0 radical (unpaired) electrons. The van der Waals surface area contributed by atoms with Crippen molar-refractivity contribution < 1.29 is 15.0 Å². The summed E-state index contributed by atoms with van der Waals surface area (Å²) in [5, 5.41) is 19.7. The molecule has 3 nitrogen and oxygen atoms in total. The summed E-state index contributed by atoms with van der Waals surface area (Å²) in [5.41, 5.74) is 2.69. The monoisotopic (exact) mass is 306 g/mol. The van der Waals surface area contributed by atoms with Gasteiger partial charge in [-0.15, -0.1) is 0 Å². The van der Waals surface area contributed by atoms with E-state index < -0.39 is 0 Å². The van der Waals surface area contributed by atoms with Crippen LogP contribution < -0.4 is 0 Å². The molecule has 0 aromatic heterocycles. The molecule has 1 saturated carbocycles. The standard InChI is InChI=1S/C20H18O3/c21-18-10-3-1-6-14(18)12-16-8-5-9-17(20(16)23)13-15-7-2-4-11-19(15)22/h1-4,6-7,10-13,21-22H,5,8-9H2/b16-12-,17-13+. The number of carbonyl (C=O) groups is 1. The fourth-order valence-electron chi connectivity index (χ4n) is 2.77. The predicted octanol–water partition coefficient (Wildman–Crippen LogP) is 4.32.